The van der Waals surface area contributed by atoms with Gasteiger partial charge in [-0.15, -0.1) is 0 Å². The van der Waals surface area contributed by atoms with Gasteiger partial charge in [0.1, 0.15) is 11.5 Å². The van der Waals surface area contributed by atoms with Gasteiger partial charge in [0.2, 0.25) is 5.91 Å². The maximum Gasteiger partial charge on any atom is 0.229 e. The molecule has 96 valence electrons. The number of hydrogen-bond acceptors (Lipinski definition) is 2. The third kappa shape index (κ3) is 1.83. The van der Waals surface area contributed by atoms with Gasteiger partial charge in [-0.2, -0.15) is 0 Å². The Morgan fingerprint density at radius 2 is 1.94 bits per heavy atom. The standard InChI is InChI=1S/C13H14F2N2O/c14-7-5-9(15)12-11(6-7)16-10-4-2-1-3-8(10)13(18)17-12/h5-6,8,10,16H,1-4H2,(H,17,18). The molecule has 2 unspecified atom stereocenters. The van der Waals surface area contributed by atoms with Gasteiger partial charge in [-0.3, -0.25) is 4.79 Å². The molecule has 0 aromatic heterocycles. The summed E-state index contributed by atoms with van der Waals surface area (Å²) in [6, 6.07) is 1.99. The van der Waals surface area contributed by atoms with Gasteiger partial charge in [0, 0.05) is 12.1 Å². The van der Waals surface area contributed by atoms with E-state index in [2.05, 4.69) is 10.6 Å². The summed E-state index contributed by atoms with van der Waals surface area (Å²) in [4.78, 5) is 12.0. The van der Waals surface area contributed by atoms with Gasteiger partial charge in [-0.1, -0.05) is 12.8 Å². The van der Waals surface area contributed by atoms with Crippen LogP contribution in [0.15, 0.2) is 12.1 Å². The average Bonchev–Trinajstić information content (AvgIpc) is 2.47. The molecule has 1 saturated carbocycles. The minimum atomic E-state index is -0.732. The molecule has 2 atom stereocenters. The van der Waals surface area contributed by atoms with E-state index in [0.717, 1.165) is 31.7 Å². The fourth-order valence-electron chi connectivity index (χ4n) is 2.85. The van der Waals surface area contributed by atoms with Crippen LogP contribution < -0.4 is 10.6 Å². The summed E-state index contributed by atoms with van der Waals surface area (Å²) in [5, 5.41) is 5.68. The maximum atomic E-state index is 13.7. The second-order valence-corrected chi connectivity index (χ2v) is 4.94. The van der Waals surface area contributed by atoms with Crippen LogP contribution >= 0.6 is 0 Å². The molecule has 1 aromatic carbocycles. The number of rotatable bonds is 0. The lowest BCUT2D eigenvalue weighted by Crippen LogP contribution is -2.37. The van der Waals surface area contributed by atoms with Gasteiger partial charge < -0.3 is 10.6 Å². The van der Waals surface area contributed by atoms with Crippen molar-refractivity contribution < 1.29 is 13.6 Å². The Labute approximate surface area is 104 Å². The van der Waals surface area contributed by atoms with E-state index in [9.17, 15) is 13.6 Å². The van der Waals surface area contributed by atoms with Crippen molar-refractivity contribution in [2.24, 2.45) is 5.92 Å². The molecule has 0 radical (unpaired) electrons. The SMILES string of the molecule is O=C1Nc2c(F)cc(F)cc2NC2CCCCC12. The van der Waals surface area contributed by atoms with Crippen LogP contribution in [0.3, 0.4) is 0 Å². The second-order valence-electron chi connectivity index (χ2n) is 4.94. The number of fused-ring (bicyclic) bond motifs is 2. The molecule has 5 heteroatoms. The maximum absolute atomic E-state index is 13.7. The first kappa shape index (κ1) is 11.4. The molecule has 1 heterocycles. The van der Waals surface area contributed by atoms with Gasteiger partial charge in [0.15, 0.2) is 5.82 Å². The zero-order valence-electron chi connectivity index (χ0n) is 9.80. The normalized spacial score (nSPS) is 26.4. The van der Waals surface area contributed by atoms with Gasteiger partial charge in [0.25, 0.3) is 0 Å². The number of halogens is 2. The summed E-state index contributed by atoms with van der Waals surface area (Å²) in [6.45, 7) is 0. The first-order chi connectivity index (χ1) is 8.65. The van der Waals surface area contributed by atoms with E-state index in [1.54, 1.807) is 0 Å². The van der Waals surface area contributed by atoms with Crippen molar-refractivity contribution in [2.75, 3.05) is 10.6 Å². The first-order valence-corrected chi connectivity index (χ1v) is 6.21. The molecular formula is C13H14F2N2O. The van der Waals surface area contributed by atoms with E-state index in [4.69, 9.17) is 0 Å². The minimum Gasteiger partial charge on any atom is -0.380 e. The Hall–Kier alpha value is -1.65. The van der Waals surface area contributed by atoms with Crippen molar-refractivity contribution >= 4 is 17.3 Å². The zero-order valence-corrected chi connectivity index (χ0v) is 9.80. The lowest BCUT2D eigenvalue weighted by Gasteiger charge is -2.29. The molecule has 3 rings (SSSR count). The summed E-state index contributed by atoms with van der Waals surface area (Å²) in [7, 11) is 0. The number of amides is 1. The van der Waals surface area contributed by atoms with Crippen molar-refractivity contribution in [3.8, 4) is 0 Å². The lowest BCUT2D eigenvalue weighted by atomic mass is 9.84. The van der Waals surface area contributed by atoms with Crippen molar-refractivity contribution in [1.82, 2.24) is 0 Å². The van der Waals surface area contributed by atoms with Crippen LogP contribution in [0.2, 0.25) is 0 Å². The average molecular weight is 252 g/mol. The summed E-state index contributed by atoms with van der Waals surface area (Å²) in [5.74, 6) is -1.70. The van der Waals surface area contributed by atoms with Gasteiger partial charge in [0.05, 0.1) is 11.6 Å². The zero-order chi connectivity index (χ0) is 12.7. The molecule has 1 aromatic rings. The molecule has 18 heavy (non-hydrogen) atoms. The Balaban J connectivity index is 2.03. The molecule has 1 aliphatic carbocycles. The highest BCUT2D eigenvalue weighted by molar-refractivity contribution is 5.98. The monoisotopic (exact) mass is 252 g/mol. The van der Waals surface area contributed by atoms with Crippen molar-refractivity contribution in [3.05, 3.63) is 23.8 Å². The van der Waals surface area contributed by atoms with E-state index in [0.29, 0.717) is 5.69 Å². The highest BCUT2D eigenvalue weighted by Gasteiger charge is 2.34. The van der Waals surface area contributed by atoms with E-state index in [-0.39, 0.29) is 23.6 Å². The minimum absolute atomic E-state index is 0.0267. The summed E-state index contributed by atoms with van der Waals surface area (Å²) in [5.41, 5.74) is 0.408. The summed E-state index contributed by atoms with van der Waals surface area (Å²) >= 11 is 0. The Bertz CT molecular complexity index is 504. The van der Waals surface area contributed by atoms with Crippen LogP contribution in [0.5, 0.6) is 0 Å². The van der Waals surface area contributed by atoms with E-state index < -0.39 is 11.6 Å². The van der Waals surface area contributed by atoms with Crippen LogP contribution in [0.25, 0.3) is 0 Å². The Kier molecular flexibility index (Phi) is 2.69. The van der Waals surface area contributed by atoms with Crippen LogP contribution in [0.4, 0.5) is 20.2 Å². The summed E-state index contributed by atoms with van der Waals surface area (Å²) < 4.78 is 26.9. The third-order valence-corrected chi connectivity index (χ3v) is 3.75. The topological polar surface area (TPSA) is 41.1 Å². The van der Waals surface area contributed by atoms with Crippen LogP contribution in [0, 0.1) is 17.6 Å². The van der Waals surface area contributed by atoms with Crippen LogP contribution in [-0.4, -0.2) is 11.9 Å². The predicted octanol–water partition coefficient (Wildman–Crippen LogP) is 2.89. The highest BCUT2D eigenvalue weighted by Crippen LogP contribution is 2.36. The van der Waals surface area contributed by atoms with Crippen molar-refractivity contribution in [3.63, 3.8) is 0 Å². The molecule has 0 bridgehead atoms. The van der Waals surface area contributed by atoms with Crippen LogP contribution in [0.1, 0.15) is 25.7 Å². The lowest BCUT2D eigenvalue weighted by molar-refractivity contribution is -0.120. The first-order valence-electron chi connectivity index (χ1n) is 6.21. The van der Waals surface area contributed by atoms with Gasteiger partial charge in [-0.25, -0.2) is 8.78 Å². The van der Waals surface area contributed by atoms with Gasteiger partial charge >= 0.3 is 0 Å². The molecule has 1 amide bonds. The number of carbonyl (C=O) groups excluding carboxylic acids is 1. The fraction of sp³-hybridized carbons (Fsp3) is 0.462. The Morgan fingerprint density at radius 3 is 2.78 bits per heavy atom. The van der Waals surface area contributed by atoms with E-state index in [1.165, 1.54) is 6.07 Å². The number of carbonyl (C=O) groups is 1. The molecule has 1 fully saturated rings. The quantitative estimate of drug-likeness (QED) is 0.745. The van der Waals surface area contributed by atoms with E-state index >= 15 is 0 Å². The summed E-state index contributed by atoms with van der Waals surface area (Å²) in [6.07, 6.45) is 3.69. The molecular weight excluding hydrogens is 238 g/mol. The molecule has 0 saturated heterocycles. The largest absolute Gasteiger partial charge is 0.380 e. The molecule has 1 aliphatic heterocycles. The third-order valence-electron chi connectivity index (χ3n) is 3.75. The fourth-order valence-corrected chi connectivity index (χ4v) is 2.85. The van der Waals surface area contributed by atoms with Gasteiger partial charge in [-0.05, 0) is 18.9 Å². The molecule has 0 spiro atoms. The highest BCUT2D eigenvalue weighted by atomic mass is 19.1. The van der Waals surface area contributed by atoms with Crippen LogP contribution in [-0.2, 0) is 4.79 Å². The number of benzene rings is 1. The molecule has 3 nitrogen and oxygen atoms in total. The van der Waals surface area contributed by atoms with E-state index in [1.807, 2.05) is 0 Å². The Morgan fingerprint density at radius 1 is 1.17 bits per heavy atom. The molecule has 2 N–H and O–H groups in total. The van der Waals surface area contributed by atoms with Crippen molar-refractivity contribution in [2.45, 2.75) is 31.7 Å². The number of anilines is 2. The second kappa shape index (κ2) is 4.23. The number of nitrogens with one attached hydrogen (secondary N) is 2. The van der Waals surface area contributed by atoms with Crippen molar-refractivity contribution in [1.29, 1.82) is 0 Å². The smallest absolute Gasteiger partial charge is 0.229 e. The number of hydrogen-bond donors (Lipinski definition) is 2. The predicted molar refractivity (Wildman–Crippen MR) is 64.4 cm³/mol. The molecule has 2 aliphatic rings.